The molecule has 4 rings (SSSR count). The molecular formula is C19H28N2O2. The highest BCUT2D eigenvalue weighted by Crippen LogP contribution is 2.64. The van der Waals surface area contributed by atoms with Crippen LogP contribution >= 0.6 is 0 Å². The average Bonchev–Trinajstić information content (AvgIpc) is 3.03. The van der Waals surface area contributed by atoms with E-state index in [4.69, 9.17) is 9.47 Å². The molecule has 3 aliphatic rings. The largest absolute Gasteiger partial charge is 0.384 e. The van der Waals surface area contributed by atoms with Crippen LogP contribution in [-0.4, -0.2) is 64.6 Å². The first-order valence-corrected chi connectivity index (χ1v) is 8.94. The van der Waals surface area contributed by atoms with E-state index in [1.54, 1.807) is 0 Å². The van der Waals surface area contributed by atoms with Gasteiger partial charge in [-0.2, -0.15) is 0 Å². The summed E-state index contributed by atoms with van der Waals surface area (Å²) in [5.74, 6) is 1.47. The summed E-state index contributed by atoms with van der Waals surface area (Å²) in [5, 5.41) is 0. The van der Waals surface area contributed by atoms with Crippen LogP contribution in [0, 0.1) is 11.8 Å². The van der Waals surface area contributed by atoms with E-state index in [0.717, 1.165) is 45.4 Å². The van der Waals surface area contributed by atoms with Gasteiger partial charge in [0.15, 0.2) is 0 Å². The molecule has 0 amide bonds. The molecule has 2 saturated heterocycles. The van der Waals surface area contributed by atoms with Crippen molar-refractivity contribution in [3.8, 4) is 0 Å². The number of morpholine rings is 1. The number of rotatable bonds is 5. The van der Waals surface area contributed by atoms with Gasteiger partial charge in [-0.15, -0.1) is 0 Å². The molecule has 0 N–H and O–H groups in total. The van der Waals surface area contributed by atoms with Crippen LogP contribution in [0.4, 0.5) is 5.69 Å². The molecule has 2 heterocycles. The summed E-state index contributed by atoms with van der Waals surface area (Å²) in [5.41, 5.74) is 3.19. The highest BCUT2D eigenvalue weighted by Gasteiger charge is 2.68. The van der Waals surface area contributed by atoms with Crippen LogP contribution in [0.2, 0.25) is 0 Å². The van der Waals surface area contributed by atoms with Crippen molar-refractivity contribution in [1.29, 1.82) is 0 Å². The molecule has 1 aromatic rings. The zero-order valence-corrected chi connectivity index (χ0v) is 14.3. The lowest BCUT2D eigenvalue weighted by atomic mass is 9.92. The summed E-state index contributed by atoms with van der Waals surface area (Å²) >= 11 is 0. The van der Waals surface area contributed by atoms with Gasteiger partial charge in [0.2, 0.25) is 0 Å². The van der Waals surface area contributed by atoms with E-state index in [1.165, 1.54) is 24.3 Å². The van der Waals surface area contributed by atoms with Gasteiger partial charge >= 0.3 is 0 Å². The minimum atomic E-state index is 0.343. The molecule has 4 heteroatoms. The normalized spacial score (nSPS) is 33.7. The Balaban J connectivity index is 1.54. The molecule has 3 fully saturated rings. The minimum absolute atomic E-state index is 0.343. The highest BCUT2D eigenvalue weighted by molar-refractivity contribution is 5.51. The summed E-state index contributed by atoms with van der Waals surface area (Å²) in [6.45, 7) is 10.4. The Hall–Kier alpha value is -1.10. The Kier molecular flexibility index (Phi) is 4.08. The highest BCUT2D eigenvalue weighted by atomic mass is 16.5. The SMILES string of the molecule is CCN1CC2C(COC)C2(c2ccc(N3CCOCC3)cc2)C1. The zero-order valence-electron chi connectivity index (χ0n) is 14.3. The molecule has 1 saturated carbocycles. The number of likely N-dealkylation sites (N-methyl/N-ethyl adjacent to an activating group) is 1. The van der Waals surface area contributed by atoms with Gasteiger partial charge in [-0.05, 0) is 36.1 Å². The molecule has 2 aliphatic heterocycles. The number of fused-ring (bicyclic) bond motifs is 1. The lowest BCUT2D eigenvalue weighted by molar-refractivity contribution is 0.122. The third kappa shape index (κ3) is 2.48. The van der Waals surface area contributed by atoms with Gasteiger partial charge in [-0.1, -0.05) is 19.1 Å². The lowest BCUT2D eigenvalue weighted by Gasteiger charge is -2.29. The predicted molar refractivity (Wildman–Crippen MR) is 92.1 cm³/mol. The van der Waals surface area contributed by atoms with Crippen molar-refractivity contribution >= 4 is 5.69 Å². The molecule has 3 atom stereocenters. The maximum absolute atomic E-state index is 5.50. The van der Waals surface area contributed by atoms with Crippen molar-refractivity contribution in [3.63, 3.8) is 0 Å². The molecule has 23 heavy (non-hydrogen) atoms. The van der Waals surface area contributed by atoms with Crippen LogP contribution in [0.15, 0.2) is 24.3 Å². The number of methoxy groups -OCH3 is 1. The number of hydrogen-bond acceptors (Lipinski definition) is 4. The number of anilines is 1. The van der Waals surface area contributed by atoms with E-state index in [0.29, 0.717) is 11.3 Å². The van der Waals surface area contributed by atoms with E-state index in [9.17, 15) is 0 Å². The van der Waals surface area contributed by atoms with Crippen molar-refractivity contribution in [2.45, 2.75) is 12.3 Å². The van der Waals surface area contributed by atoms with Crippen molar-refractivity contribution in [1.82, 2.24) is 4.90 Å². The first-order valence-electron chi connectivity index (χ1n) is 8.94. The number of hydrogen-bond donors (Lipinski definition) is 0. The first-order chi connectivity index (χ1) is 11.3. The van der Waals surface area contributed by atoms with Gasteiger partial charge in [0.1, 0.15) is 0 Å². The summed E-state index contributed by atoms with van der Waals surface area (Å²) in [4.78, 5) is 5.02. The van der Waals surface area contributed by atoms with Gasteiger partial charge in [-0.25, -0.2) is 0 Å². The molecule has 4 nitrogen and oxygen atoms in total. The minimum Gasteiger partial charge on any atom is -0.384 e. The number of benzene rings is 1. The van der Waals surface area contributed by atoms with Crippen molar-refractivity contribution in [2.75, 3.05) is 64.6 Å². The van der Waals surface area contributed by atoms with Crippen LogP contribution in [-0.2, 0) is 14.9 Å². The second-order valence-electron chi connectivity index (χ2n) is 7.18. The topological polar surface area (TPSA) is 24.9 Å². The van der Waals surface area contributed by atoms with Crippen LogP contribution in [0.3, 0.4) is 0 Å². The average molecular weight is 316 g/mol. The summed E-state index contributed by atoms with van der Waals surface area (Å²) in [6.07, 6.45) is 0. The van der Waals surface area contributed by atoms with E-state index < -0.39 is 0 Å². The molecule has 0 spiro atoms. The molecule has 126 valence electrons. The third-order valence-corrected chi connectivity index (χ3v) is 6.21. The zero-order chi connectivity index (χ0) is 15.9. The van der Waals surface area contributed by atoms with Crippen LogP contribution < -0.4 is 4.90 Å². The van der Waals surface area contributed by atoms with Crippen molar-refractivity contribution < 1.29 is 9.47 Å². The molecule has 1 aliphatic carbocycles. The van der Waals surface area contributed by atoms with Crippen LogP contribution in [0.5, 0.6) is 0 Å². The molecule has 0 bridgehead atoms. The quantitative estimate of drug-likeness (QED) is 0.829. The van der Waals surface area contributed by atoms with Crippen LogP contribution in [0.1, 0.15) is 12.5 Å². The van der Waals surface area contributed by atoms with Gasteiger partial charge in [0.05, 0.1) is 19.8 Å². The maximum Gasteiger partial charge on any atom is 0.0642 e. The lowest BCUT2D eigenvalue weighted by Crippen LogP contribution is -2.36. The van der Waals surface area contributed by atoms with E-state index >= 15 is 0 Å². The summed E-state index contributed by atoms with van der Waals surface area (Å²) in [7, 11) is 1.83. The summed E-state index contributed by atoms with van der Waals surface area (Å²) in [6, 6.07) is 9.35. The Morgan fingerprint density at radius 1 is 1.22 bits per heavy atom. The molecule has 1 aromatic carbocycles. The van der Waals surface area contributed by atoms with Gasteiger partial charge in [0.25, 0.3) is 0 Å². The molecule has 0 radical (unpaired) electrons. The predicted octanol–water partition coefficient (Wildman–Crippen LogP) is 1.99. The Bertz CT molecular complexity index is 541. The van der Waals surface area contributed by atoms with E-state index in [2.05, 4.69) is 41.0 Å². The second kappa shape index (κ2) is 6.08. The fraction of sp³-hybridized carbons (Fsp3) is 0.684. The van der Waals surface area contributed by atoms with Gasteiger partial charge in [0, 0.05) is 44.4 Å². The Labute approximate surface area is 139 Å². The number of piperidine rings is 1. The smallest absolute Gasteiger partial charge is 0.0642 e. The fourth-order valence-electron chi connectivity index (χ4n) is 4.85. The molecule has 3 unspecified atom stereocenters. The number of ether oxygens (including phenoxy) is 2. The number of likely N-dealkylation sites (tertiary alicyclic amines) is 1. The van der Waals surface area contributed by atoms with Gasteiger partial charge in [-0.3, -0.25) is 0 Å². The number of nitrogens with zero attached hydrogens (tertiary/aromatic N) is 2. The standard InChI is InChI=1S/C19H28N2O2/c1-3-20-12-17-18(13-22-2)19(17,14-20)15-4-6-16(7-5-15)21-8-10-23-11-9-21/h4-7,17-18H,3,8-14H2,1-2H3. The Morgan fingerprint density at radius 3 is 2.61 bits per heavy atom. The van der Waals surface area contributed by atoms with Crippen LogP contribution in [0.25, 0.3) is 0 Å². The molecule has 0 aromatic heterocycles. The fourth-order valence-corrected chi connectivity index (χ4v) is 4.85. The van der Waals surface area contributed by atoms with Gasteiger partial charge < -0.3 is 19.3 Å². The first kappa shape index (κ1) is 15.4. The van der Waals surface area contributed by atoms with Crippen molar-refractivity contribution in [2.24, 2.45) is 11.8 Å². The Morgan fingerprint density at radius 2 is 1.96 bits per heavy atom. The molecular weight excluding hydrogens is 288 g/mol. The maximum atomic E-state index is 5.50. The monoisotopic (exact) mass is 316 g/mol. The third-order valence-electron chi connectivity index (χ3n) is 6.21. The second-order valence-corrected chi connectivity index (χ2v) is 7.18. The summed E-state index contributed by atoms with van der Waals surface area (Å²) < 4.78 is 10.9. The van der Waals surface area contributed by atoms with E-state index in [-0.39, 0.29) is 0 Å². The van der Waals surface area contributed by atoms with E-state index in [1.807, 2.05) is 7.11 Å². The van der Waals surface area contributed by atoms with Crippen molar-refractivity contribution in [3.05, 3.63) is 29.8 Å².